The average molecular weight is 276 g/mol. The Morgan fingerprint density at radius 3 is 2.40 bits per heavy atom. The number of rotatable bonds is 6. The third-order valence-corrected chi connectivity index (χ3v) is 3.72. The number of urea groups is 1. The van der Waals surface area contributed by atoms with Crippen LogP contribution in [0.25, 0.3) is 0 Å². The molecule has 3 N–H and O–H groups in total. The number of aromatic carboxylic acids is 1. The first-order valence-electron chi connectivity index (χ1n) is 6.99. The number of carboxylic acid groups (broad SMARTS) is 1. The summed E-state index contributed by atoms with van der Waals surface area (Å²) < 4.78 is 0. The molecule has 108 valence electrons. The van der Waals surface area contributed by atoms with Crippen LogP contribution >= 0.6 is 0 Å². The zero-order chi connectivity index (χ0) is 14.4. The van der Waals surface area contributed by atoms with E-state index in [9.17, 15) is 9.59 Å². The van der Waals surface area contributed by atoms with Crippen LogP contribution in [0.5, 0.6) is 0 Å². The molecule has 0 unspecified atom stereocenters. The molecular formula is C15H20N2O3. The Hall–Kier alpha value is -2.04. The maximum Gasteiger partial charge on any atom is 0.335 e. The van der Waals surface area contributed by atoms with Gasteiger partial charge in [-0.3, -0.25) is 0 Å². The normalized spacial score (nSPS) is 14.4. The number of benzene rings is 1. The maximum absolute atomic E-state index is 11.6. The van der Waals surface area contributed by atoms with E-state index in [0.717, 1.165) is 17.9 Å². The molecule has 5 nitrogen and oxygen atoms in total. The van der Waals surface area contributed by atoms with E-state index in [-0.39, 0.29) is 11.6 Å². The summed E-state index contributed by atoms with van der Waals surface area (Å²) in [5.41, 5.74) is 1.13. The van der Waals surface area contributed by atoms with E-state index >= 15 is 0 Å². The summed E-state index contributed by atoms with van der Waals surface area (Å²) in [6.45, 7) is 1.11. The van der Waals surface area contributed by atoms with Gasteiger partial charge in [0.2, 0.25) is 0 Å². The monoisotopic (exact) mass is 276 g/mol. The molecule has 0 saturated heterocycles. The van der Waals surface area contributed by atoms with E-state index < -0.39 is 5.97 Å². The lowest BCUT2D eigenvalue weighted by atomic mass is 9.83. The van der Waals surface area contributed by atoms with E-state index in [4.69, 9.17) is 5.11 Å². The van der Waals surface area contributed by atoms with Gasteiger partial charge >= 0.3 is 12.0 Å². The van der Waals surface area contributed by atoms with Gasteiger partial charge in [-0.2, -0.15) is 0 Å². The predicted octanol–water partition coefficient (Wildman–Crippen LogP) is 2.37. The number of amides is 2. The van der Waals surface area contributed by atoms with Crippen molar-refractivity contribution in [1.29, 1.82) is 0 Å². The van der Waals surface area contributed by atoms with Crippen LogP contribution in [0, 0.1) is 5.92 Å². The minimum absolute atomic E-state index is 0.174. The van der Waals surface area contributed by atoms with Gasteiger partial charge < -0.3 is 15.7 Å². The van der Waals surface area contributed by atoms with Gasteiger partial charge in [0.25, 0.3) is 0 Å². The molecule has 0 radical (unpaired) electrons. The van der Waals surface area contributed by atoms with Crippen LogP contribution in [0.3, 0.4) is 0 Å². The molecule has 0 bridgehead atoms. The van der Waals surface area contributed by atoms with Gasteiger partial charge in [-0.1, -0.05) is 31.4 Å². The van der Waals surface area contributed by atoms with E-state index in [0.29, 0.717) is 13.1 Å². The molecule has 1 aliphatic carbocycles. The largest absolute Gasteiger partial charge is 0.478 e. The van der Waals surface area contributed by atoms with Gasteiger partial charge in [-0.15, -0.1) is 0 Å². The molecule has 1 saturated carbocycles. The second kappa shape index (κ2) is 6.93. The number of carbonyl (C=O) groups excluding carboxylic acids is 1. The quantitative estimate of drug-likeness (QED) is 0.746. The topological polar surface area (TPSA) is 78.4 Å². The molecule has 0 atom stereocenters. The Balaban J connectivity index is 1.65. The molecule has 2 rings (SSSR count). The highest BCUT2D eigenvalue weighted by Gasteiger charge is 2.16. The van der Waals surface area contributed by atoms with Crippen molar-refractivity contribution >= 4 is 12.0 Å². The first-order chi connectivity index (χ1) is 9.65. The molecule has 1 aromatic carbocycles. The molecule has 0 aromatic heterocycles. The van der Waals surface area contributed by atoms with Crippen molar-refractivity contribution in [2.24, 2.45) is 5.92 Å². The molecular weight excluding hydrogens is 256 g/mol. The molecule has 0 spiro atoms. The van der Waals surface area contributed by atoms with Crippen molar-refractivity contribution < 1.29 is 14.7 Å². The highest BCUT2D eigenvalue weighted by atomic mass is 16.4. The van der Waals surface area contributed by atoms with Crippen molar-refractivity contribution in [3.8, 4) is 0 Å². The molecule has 0 aliphatic heterocycles. The second-order valence-corrected chi connectivity index (χ2v) is 5.20. The van der Waals surface area contributed by atoms with Gasteiger partial charge in [0.15, 0.2) is 0 Å². The zero-order valence-corrected chi connectivity index (χ0v) is 11.4. The fourth-order valence-electron chi connectivity index (χ4n) is 2.18. The minimum Gasteiger partial charge on any atom is -0.478 e. The highest BCUT2D eigenvalue weighted by molar-refractivity contribution is 5.87. The first-order valence-corrected chi connectivity index (χ1v) is 6.99. The lowest BCUT2D eigenvalue weighted by Gasteiger charge is -2.25. The van der Waals surface area contributed by atoms with Crippen molar-refractivity contribution in [2.45, 2.75) is 32.2 Å². The van der Waals surface area contributed by atoms with Crippen LogP contribution in [0.2, 0.25) is 0 Å². The van der Waals surface area contributed by atoms with Gasteiger partial charge in [-0.25, -0.2) is 9.59 Å². The van der Waals surface area contributed by atoms with E-state index in [1.807, 2.05) is 0 Å². The van der Waals surface area contributed by atoms with Gasteiger partial charge in [0, 0.05) is 13.1 Å². The van der Waals surface area contributed by atoms with Crippen molar-refractivity contribution in [3.63, 3.8) is 0 Å². The smallest absolute Gasteiger partial charge is 0.335 e. The van der Waals surface area contributed by atoms with Crippen LogP contribution < -0.4 is 10.6 Å². The van der Waals surface area contributed by atoms with Crippen LogP contribution in [0.1, 0.15) is 41.6 Å². The Kier molecular flexibility index (Phi) is 4.98. The van der Waals surface area contributed by atoms with Gasteiger partial charge in [0.05, 0.1) is 5.56 Å². The van der Waals surface area contributed by atoms with Crippen molar-refractivity contribution in [3.05, 3.63) is 35.4 Å². The Morgan fingerprint density at radius 2 is 1.85 bits per heavy atom. The lowest BCUT2D eigenvalue weighted by molar-refractivity contribution is 0.0697. The molecule has 2 amide bonds. The molecule has 1 aliphatic rings. The molecule has 0 heterocycles. The summed E-state index contributed by atoms with van der Waals surface area (Å²) in [7, 11) is 0. The molecule has 20 heavy (non-hydrogen) atoms. The number of nitrogens with one attached hydrogen (secondary N) is 2. The van der Waals surface area contributed by atoms with Gasteiger partial charge in [0.1, 0.15) is 0 Å². The Morgan fingerprint density at radius 1 is 1.15 bits per heavy atom. The van der Waals surface area contributed by atoms with E-state index in [2.05, 4.69) is 10.6 Å². The molecule has 1 fully saturated rings. The fraction of sp³-hybridized carbons (Fsp3) is 0.467. The number of hydrogen-bond acceptors (Lipinski definition) is 2. The third kappa shape index (κ3) is 4.26. The van der Waals surface area contributed by atoms with Crippen LogP contribution in [-0.2, 0) is 6.54 Å². The summed E-state index contributed by atoms with van der Waals surface area (Å²) >= 11 is 0. The summed E-state index contributed by atoms with van der Waals surface area (Å²) in [5.74, 6) is -0.155. The van der Waals surface area contributed by atoms with Crippen LogP contribution in [0.4, 0.5) is 4.79 Å². The average Bonchev–Trinajstić information content (AvgIpc) is 2.39. The summed E-state index contributed by atoms with van der Waals surface area (Å²) in [5, 5.41) is 14.4. The third-order valence-electron chi connectivity index (χ3n) is 3.72. The molecule has 1 aromatic rings. The second-order valence-electron chi connectivity index (χ2n) is 5.20. The molecule has 5 heteroatoms. The lowest BCUT2D eigenvalue weighted by Crippen LogP contribution is -2.36. The number of carbonyl (C=O) groups is 2. The predicted molar refractivity (Wildman–Crippen MR) is 75.6 cm³/mol. The first kappa shape index (κ1) is 14.4. The fourth-order valence-corrected chi connectivity index (χ4v) is 2.18. The minimum atomic E-state index is -0.946. The van der Waals surface area contributed by atoms with E-state index in [1.165, 1.54) is 31.4 Å². The summed E-state index contributed by atoms with van der Waals surface area (Å²) in [4.78, 5) is 22.3. The summed E-state index contributed by atoms with van der Waals surface area (Å²) in [6.07, 6.45) is 4.96. The Bertz CT molecular complexity index is 467. The number of hydrogen-bond donors (Lipinski definition) is 3. The zero-order valence-electron chi connectivity index (χ0n) is 11.4. The highest BCUT2D eigenvalue weighted by Crippen LogP contribution is 2.28. The summed E-state index contributed by atoms with van der Waals surface area (Å²) in [6, 6.07) is 6.31. The van der Waals surface area contributed by atoms with Crippen LogP contribution in [0.15, 0.2) is 24.3 Å². The SMILES string of the molecule is O=C(NCCC1CCC1)NCc1ccc(C(=O)O)cc1. The van der Waals surface area contributed by atoms with Gasteiger partial charge in [-0.05, 0) is 30.0 Å². The van der Waals surface area contributed by atoms with E-state index in [1.54, 1.807) is 12.1 Å². The van der Waals surface area contributed by atoms with Crippen molar-refractivity contribution in [2.75, 3.05) is 6.54 Å². The number of carboxylic acids is 1. The maximum atomic E-state index is 11.6. The van der Waals surface area contributed by atoms with Crippen LogP contribution in [-0.4, -0.2) is 23.7 Å². The van der Waals surface area contributed by atoms with Crippen molar-refractivity contribution in [1.82, 2.24) is 10.6 Å². The standard InChI is InChI=1S/C15H20N2O3/c18-14(19)13-6-4-12(5-7-13)10-17-15(20)16-9-8-11-2-1-3-11/h4-7,11H,1-3,8-10H2,(H,18,19)(H2,16,17,20). The Labute approximate surface area is 118 Å².